The SMILES string of the molecule is COc1ccc(C(=O)Nc2c(Cl)cncc2Cl)c2c3c(oc12)CCNC3. The summed E-state index contributed by atoms with van der Waals surface area (Å²) in [5.74, 6) is 1.13. The molecule has 6 nitrogen and oxygen atoms in total. The Labute approximate surface area is 159 Å². The number of rotatable bonds is 3. The van der Waals surface area contributed by atoms with Gasteiger partial charge in [-0.25, -0.2) is 0 Å². The predicted molar refractivity (Wildman–Crippen MR) is 100 cm³/mol. The van der Waals surface area contributed by atoms with Crippen molar-refractivity contribution in [3.63, 3.8) is 0 Å². The van der Waals surface area contributed by atoms with Crippen molar-refractivity contribution in [1.29, 1.82) is 0 Å². The van der Waals surface area contributed by atoms with Gasteiger partial charge in [0.2, 0.25) is 0 Å². The molecule has 0 fully saturated rings. The molecule has 4 rings (SSSR count). The summed E-state index contributed by atoms with van der Waals surface area (Å²) in [6.07, 6.45) is 3.61. The van der Waals surface area contributed by atoms with Crippen LogP contribution in [0.4, 0.5) is 5.69 Å². The molecule has 3 aromatic rings. The van der Waals surface area contributed by atoms with Crippen molar-refractivity contribution in [2.24, 2.45) is 0 Å². The minimum Gasteiger partial charge on any atom is -0.493 e. The highest BCUT2D eigenvalue weighted by Crippen LogP contribution is 2.37. The van der Waals surface area contributed by atoms with Crippen LogP contribution in [0, 0.1) is 0 Å². The first kappa shape index (κ1) is 17.1. The number of ether oxygens (including phenoxy) is 1. The van der Waals surface area contributed by atoms with Crippen molar-refractivity contribution in [3.05, 3.63) is 51.5 Å². The van der Waals surface area contributed by atoms with Crippen molar-refractivity contribution in [1.82, 2.24) is 10.3 Å². The quantitative estimate of drug-likeness (QED) is 0.704. The number of fused-ring (bicyclic) bond motifs is 3. The molecule has 0 saturated carbocycles. The third-order valence-corrected chi connectivity index (χ3v) is 4.95. The summed E-state index contributed by atoms with van der Waals surface area (Å²) in [6.45, 7) is 1.46. The molecule has 1 aliphatic heterocycles. The second kappa shape index (κ2) is 6.79. The van der Waals surface area contributed by atoms with Gasteiger partial charge in [-0.05, 0) is 12.1 Å². The van der Waals surface area contributed by atoms with Gasteiger partial charge < -0.3 is 19.8 Å². The maximum atomic E-state index is 13.0. The molecule has 2 aromatic heterocycles. The van der Waals surface area contributed by atoms with E-state index in [1.54, 1.807) is 19.2 Å². The van der Waals surface area contributed by atoms with Crippen molar-refractivity contribution in [2.75, 3.05) is 19.0 Å². The minimum atomic E-state index is -0.332. The van der Waals surface area contributed by atoms with E-state index >= 15 is 0 Å². The normalized spacial score (nSPS) is 13.5. The summed E-state index contributed by atoms with van der Waals surface area (Å²) in [4.78, 5) is 16.9. The maximum Gasteiger partial charge on any atom is 0.256 e. The summed E-state index contributed by atoms with van der Waals surface area (Å²) in [5, 5.41) is 7.36. The van der Waals surface area contributed by atoms with Crippen LogP contribution in [0.2, 0.25) is 10.0 Å². The monoisotopic (exact) mass is 391 g/mol. The molecule has 0 aliphatic carbocycles. The number of carbonyl (C=O) groups is 1. The van der Waals surface area contributed by atoms with Crippen LogP contribution in [0.15, 0.2) is 28.9 Å². The summed E-state index contributed by atoms with van der Waals surface area (Å²) < 4.78 is 11.4. The number of anilines is 1. The number of benzene rings is 1. The van der Waals surface area contributed by atoms with Crippen LogP contribution in [0.3, 0.4) is 0 Å². The number of furan rings is 1. The summed E-state index contributed by atoms with van der Waals surface area (Å²) in [5.41, 5.74) is 2.34. The van der Waals surface area contributed by atoms with Crippen LogP contribution in [0.25, 0.3) is 11.0 Å². The summed E-state index contributed by atoms with van der Waals surface area (Å²) in [6, 6.07) is 3.43. The first-order valence-corrected chi connectivity index (χ1v) is 8.78. The van der Waals surface area contributed by atoms with Gasteiger partial charge in [-0.15, -0.1) is 0 Å². The van der Waals surface area contributed by atoms with Gasteiger partial charge >= 0.3 is 0 Å². The number of nitrogens with one attached hydrogen (secondary N) is 2. The number of halogens is 2. The molecule has 3 heterocycles. The predicted octanol–water partition coefficient (Wildman–Crippen LogP) is 4.04. The molecule has 0 atom stereocenters. The highest BCUT2D eigenvalue weighted by molar-refractivity contribution is 6.39. The van der Waals surface area contributed by atoms with E-state index in [2.05, 4.69) is 15.6 Å². The highest BCUT2D eigenvalue weighted by atomic mass is 35.5. The zero-order valence-electron chi connectivity index (χ0n) is 13.9. The third-order valence-electron chi connectivity index (χ3n) is 4.37. The smallest absolute Gasteiger partial charge is 0.256 e. The highest BCUT2D eigenvalue weighted by Gasteiger charge is 2.25. The first-order valence-electron chi connectivity index (χ1n) is 8.02. The Hall–Kier alpha value is -2.28. The molecule has 0 unspecified atom stereocenters. The molecule has 8 heteroatoms. The van der Waals surface area contributed by atoms with E-state index < -0.39 is 0 Å². The fourth-order valence-electron chi connectivity index (χ4n) is 3.15. The lowest BCUT2D eigenvalue weighted by Gasteiger charge is -2.13. The zero-order valence-corrected chi connectivity index (χ0v) is 15.4. The van der Waals surface area contributed by atoms with Gasteiger partial charge in [0.05, 0.1) is 28.4 Å². The Bertz CT molecular complexity index is 996. The standard InChI is InChI=1S/C18H15Cl2N3O3/c1-25-14-3-2-9(15-10-6-21-5-4-13(10)26-17(14)15)18(24)23-16-11(19)7-22-8-12(16)20/h2-3,7-8,21H,4-6H2,1H3,(H,22,23,24). The first-order chi connectivity index (χ1) is 12.6. The molecular weight excluding hydrogens is 377 g/mol. The fourth-order valence-corrected chi connectivity index (χ4v) is 3.61. The van der Waals surface area contributed by atoms with Gasteiger partial charge in [-0.3, -0.25) is 9.78 Å². The second-order valence-corrected chi connectivity index (χ2v) is 6.70. The van der Waals surface area contributed by atoms with E-state index in [0.717, 1.165) is 29.7 Å². The van der Waals surface area contributed by atoms with Crippen LogP contribution in [-0.2, 0) is 13.0 Å². The lowest BCUT2D eigenvalue weighted by atomic mass is 10.0. The lowest BCUT2D eigenvalue weighted by molar-refractivity contribution is 0.102. The number of methoxy groups -OCH3 is 1. The zero-order chi connectivity index (χ0) is 18.3. The van der Waals surface area contributed by atoms with E-state index in [-0.39, 0.29) is 16.0 Å². The minimum absolute atomic E-state index is 0.270. The van der Waals surface area contributed by atoms with Gasteiger partial charge in [0, 0.05) is 42.9 Å². The molecule has 0 saturated heterocycles. The van der Waals surface area contributed by atoms with Crippen LogP contribution in [0.1, 0.15) is 21.7 Å². The van der Waals surface area contributed by atoms with E-state index in [4.69, 9.17) is 32.4 Å². The molecule has 0 spiro atoms. The number of hydrogen-bond acceptors (Lipinski definition) is 5. The van der Waals surface area contributed by atoms with Crippen molar-refractivity contribution in [3.8, 4) is 5.75 Å². The third kappa shape index (κ3) is 2.80. The molecule has 1 aromatic carbocycles. The Morgan fingerprint density at radius 2 is 2.08 bits per heavy atom. The molecule has 0 bridgehead atoms. The summed E-state index contributed by atoms with van der Waals surface area (Å²) in [7, 11) is 1.57. The maximum absolute atomic E-state index is 13.0. The van der Waals surface area contributed by atoms with Crippen molar-refractivity contribution >= 4 is 45.8 Å². The van der Waals surface area contributed by atoms with E-state index in [0.29, 0.717) is 29.1 Å². The Kier molecular flexibility index (Phi) is 4.48. The van der Waals surface area contributed by atoms with Crippen LogP contribution in [-0.4, -0.2) is 24.5 Å². The van der Waals surface area contributed by atoms with Gasteiger partial charge in [0.1, 0.15) is 5.76 Å². The number of nitrogens with zero attached hydrogens (tertiary/aromatic N) is 1. The van der Waals surface area contributed by atoms with E-state index in [1.165, 1.54) is 12.4 Å². The second-order valence-electron chi connectivity index (χ2n) is 5.88. The molecule has 1 amide bonds. The van der Waals surface area contributed by atoms with Crippen LogP contribution >= 0.6 is 23.2 Å². The van der Waals surface area contributed by atoms with Crippen molar-refractivity contribution < 1.29 is 13.9 Å². The largest absolute Gasteiger partial charge is 0.493 e. The number of pyridine rings is 1. The molecule has 2 N–H and O–H groups in total. The Morgan fingerprint density at radius 1 is 1.31 bits per heavy atom. The van der Waals surface area contributed by atoms with Gasteiger partial charge in [0.15, 0.2) is 11.3 Å². The average Bonchev–Trinajstić information content (AvgIpc) is 3.03. The molecule has 26 heavy (non-hydrogen) atoms. The molecular formula is C18H15Cl2N3O3. The topological polar surface area (TPSA) is 76.4 Å². The number of amides is 1. The molecule has 134 valence electrons. The lowest BCUT2D eigenvalue weighted by Crippen LogP contribution is -2.23. The van der Waals surface area contributed by atoms with Crippen LogP contribution in [0.5, 0.6) is 5.75 Å². The Morgan fingerprint density at radius 3 is 2.81 bits per heavy atom. The van der Waals surface area contributed by atoms with Gasteiger partial charge in [-0.1, -0.05) is 23.2 Å². The van der Waals surface area contributed by atoms with Gasteiger partial charge in [0.25, 0.3) is 5.91 Å². The number of carbonyl (C=O) groups excluding carboxylic acids is 1. The van der Waals surface area contributed by atoms with E-state index in [9.17, 15) is 4.79 Å². The average molecular weight is 392 g/mol. The van der Waals surface area contributed by atoms with Crippen LogP contribution < -0.4 is 15.4 Å². The summed E-state index contributed by atoms with van der Waals surface area (Å²) >= 11 is 12.2. The van der Waals surface area contributed by atoms with E-state index in [1.807, 2.05) is 0 Å². The van der Waals surface area contributed by atoms with Crippen molar-refractivity contribution in [2.45, 2.75) is 13.0 Å². The fraction of sp³-hybridized carbons (Fsp3) is 0.222. The Balaban J connectivity index is 1.83. The molecule has 0 radical (unpaired) electrons. The number of aromatic nitrogens is 1. The van der Waals surface area contributed by atoms with Gasteiger partial charge in [-0.2, -0.15) is 0 Å². The number of hydrogen-bond donors (Lipinski definition) is 2. The molecule has 1 aliphatic rings.